The maximum atomic E-state index is 10.3. The second-order valence-corrected chi connectivity index (χ2v) is 2.44. The number of carboxylic acid groups (broad SMARTS) is 1. The molecule has 0 aromatic carbocycles. The van der Waals surface area contributed by atoms with E-state index in [0.717, 1.165) is 0 Å². The van der Waals surface area contributed by atoms with Gasteiger partial charge in [0, 0.05) is 6.92 Å². The van der Waals surface area contributed by atoms with Gasteiger partial charge in [-0.05, 0) is 0 Å². The molecule has 10 heavy (non-hydrogen) atoms. The lowest BCUT2D eigenvalue weighted by molar-refractivity contribution is -0.137. The van der Waals surface area contributed by atoms with Crippen LogP contribution in [0.4, 0.5) is 0 Å². The van der Waals surface area contributed by atoms with E-state index in [2.05, 4.69) is 17.9 Å². The predicted octanol–water partition coefficient (Wildman–Crippen LogP) is -0.147. The van der Waals surface area contributed by atoms with Crippen LogP contribution in [-0.2, 0) is 9.59 Å². The molecule has 0 radical (unpaired) electrons. The maximum Gasteiger partial charge on any atom is 0.306 e. The van der Waals surface area contributed by atoms with Crippen LogP contribution in [0.15, 0.2) is 0 Å². The second kappa shape index (κ2) is 4.16. The molecule has 4 nitrogen and oxygen atoms in total. The van der Waals surface area contributed by atoms with E-state index in [1.165, 1.54) is 6.92 Å². The van der Waals surface area contributed by atoms with Crippen molar-refractivity contribution in [3.63, 3.8) is 0 Å². The maximum absolute atomic E-state index is 10.3. The van der Waals surface area contributed by atoms with Gasteiger partial charge in [0.1, 0.15) is 0 Å². The third-order valence-electron chi connectivity index (χ3n) is 0.738. The molecule has 2 N–H and O–H groups in total. The predicted molar refractivity (Wildman–Crippen MR) is 38.8 cm³/mol. The standard InChI is InChI=1S/C5H9NO3S/c1-3(7)6-4(10)2-5(8)9/h4,10H,2H2,1H3,(H,6,7)(H,8,9)/t4-/m1/s1. The van der Waals surface area contributed by atoms with E-state index in [-0.39, 0.29) is 12.3 Å². The highest BCUT2D eigenvalue weighted by molar-refractivity contribution is 7.80. The van der Waals surface area contributed by atoms with E-state index >= 15 is 0 Å². The first-order valence-corrected chi connectivity index (χ1v) is 3.21. The van der Waals surface area contributed by atoms with Gasteiger partial charge in [-0.3, -0.25) is 9.59 Å². The molecule has 0 bridgehead atoms. The van der Waals surface area contributed by atoms with Gasteiger partial charge in [0.25, 0.3) is 0 Å². The lowest BCUT2D eigenvalue weighted by Gasteiger charge is -2.06. The average molecular weight is 163 g/mol. The molecule has 0 aliphatic heterocycles. The van der Waals surface area contributed by atoms with Crippen molar-refractivity contribution in [3.05, 3.63) is 0 Å². The SMILES string of the molecule is CC(=O)N[C@H](S)CC(=O)O. The Labute approximate surface area is 64.0 Å². The molecule has 1 atom stereocenters. The molecule has 0 fully saturated rings. The quantitative estimate of drug-likeness (QED) is 0.400. The van der Waals surface area contributed by atoms with Gasteiger partial charge in [-0.2, -0.15) is 12.6 Å². The summed E-state index contributed by atoms with van der Waals surface area (Å²) in [5.74, 6) is -1.25. The normalized spacial score (nSPS) is 12.2. The topological polar surface area (TPSA) is 66.4 Å². The van der Waals surface area contributed by atoms with Crippen LogP contribution >= 0.6 is 12.6 Å². The summed E-state index contributed by atoms with van der Waals surface area (Å²) in [6, 6.07) is 0. The highest BCUT2D eigenvalue weighted by Crippen LogP contribution is 1.95. The van der Waals surface area contributed by atoms with Crippen LogP contribution in [0.2, 0.25) is 0 Å². The molecule has 0 heterocycles. The fraction of sp³-hybridized carbons (Fsp3) is 0.600. The van der Waals surface area contributed by atoms with Crippen LogP contribution < -0.4 is 5.32 Å². The monoisotopic (exact) mass is 163 g/mol. The smallest absolute Gasteiger partial charge is 0.306 e. The van der Waals surface area contributed by atoms with Crippen molar-refractivity contribution in [1.82, 2.24) is 5.32 Å². The molecular weight excluding hydrogens is 154 g/mol. The van der Waals surface area contributed by atoms with Gasteiger partial charge < -0.3 is 10.4 Å². The summed E-state index contributed by atoms with van der Waals surface area (Å²) in [5.41, 5.74) is 0. The lowest BCUT2D eigenvalue weighted by atomic mass is 10.4. The van der Waals surface area contributed by atoms with Crippen LogP contribution in [0.25, 0.3) is 0 Å². The van der Waals surface area contributed by atoms with Crippen LogP contribution in [0.3, 0.4) is 0 Å². The van der Waals surface area contributed by atoms with E-state index in [0.29, 0.717) is 0 Å². The fourth-order valence-electron chi connectivity index (χ4n) is 0.451. The average Bonchev–Trinajstić information content (AvgIpc) is 1.58. The molecule has 0 aliphatic rings. The zero-order chi connectivity index (χ0) is 8.15. The molecule has 5 heteroatoms. The molecule has 0 saturated carbocycles. The van der Waals surface area contributed by atoms with Crippen molar-refractivity contribution >= 4 is 24.5 Å². The van der Waals surface area contributed by atoms with Gasteiger partial charge in [0.05, 0.1) is 11.8 Å². The molecule has 0 aromatic rings. The molecule has 0 rings (SSSR count). The number of hydrogen-bond acceptors (Lipinski definition) is 3. The van der Waals surface area contributed by atoms with Crippen molar-refractivity contribution in [3.8, 4) is 0 Å². The Kier molecular flexibility index (Phi) is 3.87. The van der Waals surface area contributed by atoms with Crippen molar-refractivity contribution < 1.29 is 14.7 Å². The number of aliphatic carboxylic acids is 1. The largest absolute Gasteiger partial charge is 0.481 e. The van der Waals surface area contributed by atoms with Crippen molar-refractivity contribution in [2.45, 2.75) is 18.7 Å². The van der Waals surface area contributed by atoms with E-state index in [4.69, 9.17) is 5.11 Å². The Bertz CT molecular complexity index is 132. The third kappa shape index (κ3) is 5.43. The summed E-state index contributed by atoms with van der Waals surface area (Å²) < 4.78 is 0. The molecule has 0 saturated heterocycles. The summed E-state index contributed by atoms with van der Waals surface area (Å²) in [6.45, 7) is 1.31. The Morgan fingerprint density at radius 3 is 2.50 bits per heavy atom. The first-order valence-electron chi connectivity index (χ1n) is 2.69. The van der Waals surface area contributed by atoms with Crippen molar-refractivity contribution in [2.24, 2.45) is 0 Å². The third-order valence-corrected chi connectivity index (χ3v) is 1.05. The first kappa shape index (κ1) is 9.29. The molecule has 0 unspecified atom stereocenters. The number of nitrogens with one attached hydrogen (secondary N) is 1. The number of carbonyl (C=O) groups is 2. The van der Waals surface area contributed by atoms with Gasteiger partial charge in [0.2, 0.25) is 5.91 Å². The number of carbonyl (C=O) groups excluding carboxylic acids is 1. The number of thiol groups is 1. The van der Waals surface area contributed by atoms with Crippen LogP contribution in [0, 0.1) is 0 Å². The van der Waals surface area contributed by atoms with Gasteiger partial charge in [-0.25, -0.2) is 0 Å². The molecule has 1 amide bonds. The van der Waals surface area contributed by atoms with Gasteiger partial charge in [-0.1, -0.05) is 0 Å². The number of amides is 1. The van der Waals surface area contributed by atoms with E-state index in [1.807, 2.05) is 0 Å². The summed E-state index contributed by atoms with van der Waals surface area (Å²) in [4.78, 5) is 20.3. The van der Waals surface area contributed by atoms with Crippen molar-refractivity contribution in [2.75, 3.05) is 0 Å². The van der Waals surface area contributed by atoms with Gasteiger partial charge in [0.15, 0.2) is 0 Å². The Hall–Kier alpha value is -0.710. The van der Waals surface area contributed by atoms with Crippen LogP contribution in [0.5, 0.6) is 0 Å². The minimum Gasteiger partial charge on any atom is -0.481 e. The Morgan fingerprint density at radius 2 is 2.20 bits per heavy atom. The summed E-state index contributed by atoms with van der Waals surface area (Å²) in [6.07, 6.45) is -0.164. The molecule has 0 aromatic heterocycles. The molecule has 0 aliphatic carbocycles. The van der Waals surface area contributed by atoms with Crippen molar-refractivity contribution in [1.29, 1.82) is 0 Å². The zero-order valence-corrected chi connectivity index (χ0v) is 6.39. The summed E-state index contributed by atoms with van der Waals surface area (Å²) >= 11 is 3.80. The summed E-state index contributed by atoms with van der Waals surface area (Å²) in [7, 11) is 0. The number of carboxylic acids is 1. The van der Waals surface area contributed by atoms with E-state index in [1.54, 1.807) is 0 Å². The van der Waals surface area contributed by atoms with Crippen LogP contribution in [0.1, 0.15) is 13.3 Å². The minimum atomic E-state index is -0.978. The van der Waals surface area contributed by atoms with E-state index in [9.17, 15) is 9.59 Å². The number of hydrogen-bond donors (Lipinski definition) is 3. The summed E-state index contributed by atoms with van der Waals surface area (Å²) in [5, 5.41) is 9.93. The van der Waals surface area contributed by atoms with E-state index < -0.39 is 11.3 Å². The zero-order valence-electron chi connectivity index (χ0n) is 5.50. The minimum absolute atomic E-state index is 0.164. The van der Waals surface area contributed by atoms with Gasteiger partial charge >= 0.3 is 5.97 Å². The lowest BCUT2D eigenvalue weighted by Crippen LogP contribution is -2.30. The second-order valence-electron chi connectivity index (χ2n) is 1.81. The highest BCUT2D eigenvalue weighted by atomic mass is 32.1. The molecular formula is C5H9NO3S. The molecule has 0 spiro atoms. The fourth-order valence-corrected chi connectivity index (χ4v) is 0.789. The molecule has 58 valence electrons. The Balaban J connectivity index is 3.53. The van der Waals surface area contributed by atoms with Gasteiger partial charge in [-0.15, -0.1) is 0 Å². The number of rotatable bonds is 3. The first-order chi connectivity index (χ1) is 4.52. The van der Waals surface area contributed by atoms with Crippen LogP contribution in [-0.4, -0.2) is 22.4 Å². The Morgan fingerprint density at radius 1 is 1.70 bits per heavy atom. The highest BCUT2D eigenvalue weighted by Gasteiger charge is 2.07.